The highest BCUT2D eigenvalue weighted by Gasteiger charge is 2.30. The van der Waals surface area contributed by atoms with E-state index >= 15 is 0 Å². The Morgan fingerprint density at radius 2 is 1.59 bits per heavy atom. The molecule has 0 unspecified atom stereocenters. The van der Waals surface area contributed by atoms with Crippen LogP contribution >= 0.6 is 0 Å². The Bertz CT molecular complexity index is 1180. The van der Waals surface area contributed by atoms with Gasteiger partial charge in [-0.3, -0.25) is 9.10 Å². The van der Waals surface area contributed by atoms with Gasteiger partial charge in [0.25, 0.3) is 10.0 Å². The SMILES string of the molecule is CCOc1ccccc1N(CC(=O)N[C@H](CC)c1ccc(OC)cc1)S(=O)(=O)c1ccccc1. The average molecular weight is 483 g/mol. The van der Waals surface area contributed by atoms with Crippen molar-refractivity contribution in [2.45, 2.75) is 31.2 Å². The zero-order valence-corrected chi connectivity index (χ0v) is 20.4. The van der Waals surface area contributed by atoms with Gasteiger partial charge in [0.05, 0.1) is 30.3 Å². The minimum absolute atomic E-state index is 0.0938. The van der Waals surface area contributed by atoms with Gasteiger partial charge < -0.3 is 14.8 Å². The van der Waals surface area contributed by atoms with Crippen LogP contribution in [0.25, 0.3) is 0 Å². The molecule has 0 aromatic heterocycles. The number of nitrogens with one attached hydrogen (secondary N) is 1. The number of hydrogen-bond donors (Lipinski definition) is 1. The Balaban J connectivity index is 1.93. The van der Waals surface area contributed by atoms with Crippen molar-refractivity contribution in [3.8, 4) is 11.5 Å². The molecule has 1 amide bonds. The first-order chi connectivity index (χ1) is 16.4. The largest absolute Gasteiger partial charge is 0.497 e. The monoisotopic (exact) mass is 482 g/mol. The minimum Gasteiger partial charge on any atom is -0.497 e. The van der Waals surface area contributed by atoms with Gasteiger partial charge in [-0.2, -0.15) is 0 Å². The van der Waals surface area contributed by atoms with E-state index in [4.69, 9.17) is 9.47 Å². The minimum atomic E-state index is -4.03. The number of para-hydroxylation sites is 2. The smallest absolute Gasteiger partial charge is 0.264 e. The number of nitrogens with zero attached hydrogens (tertiary/aromatic N) is 1. The third-order valence-electron chi connectivity index (χ3n) is 5.31. The van der Waals surface area contributed by atoms with Crippen LogP contribution in [0.3, 0.4) is 0 Å². The fourth-order valence-electron chi connectivity index (χ4n) is 3.59. The van der Waals surface area contributed by atoms with Crippen LogP contribution < -0.4 is 19.1 Å². The molecular formula is C26H30N2O5S. The predicted molar refractivity (Wildman–Crippen MR) is 133 cm³/mol. The Hall–Kier alpha value is -3.52. The first-order valence-electron chi connectivity index (χ1n) is 11.1. The molecule has 3 aromatic rings. The lowest BCUT2D eigenvalue weighted by atomic mass is 10.0. The number of carbonyl (C=O) groups is 1. The summed E-state index contributed by atoms with van der Waals surface area (Å²) in [5, 5.41) is 2.97. The van der Waals surface area contributed by atoms with Crippen LogP contribution in [-0.2, 0) is 14.8 Å². The zero-order valence-electron chi connectivity index (χ0n) is 19.6. The van der Waals surface area contributed by atoms with E-state index in [-0.39, 0.29) is 10.9 Å². The molecule has 0 saturated carbocycles. The first-order valence-corrected chi connectivity index (χ1v) is 12.6. The normalized spacial score (nSPS) is 12.0. The summed E-state index contributed by atoms with van der Waals surface area (Å²) >= 11 is 0. The molecule has 0 spiro atoms. The quantitative estimate of drug-likeness (QED) is 0.433. The van der Waals surface area contributed by atoms with E-state index in [1.165, 1.54) is 12.1 Å². The van der Waals surface area contributed by atoms with Gasteiger partial charge in [0.1, 0.15) is 18.0 Å². The Kier molecular flexibility index (Phi) is 8.54. The Morgan fingerprint density at radius 3 is 2.21 bits per heavy atom. The number of ether oxygens (including phenoxy) is 2. The van der Waals surface area contributed by atoms with Crippen LogP contribution in [-0.4, -0.2) is 34.6 Å². The summed E-state index contributed by atoms with van der Waals surface area (Å²) in [5.41, 5.74) is 1.21. The van der Waals surface area contributed by atoms with Crippen LogP contribution in [0.15, 0.2) is 83.8 Å². The van der Waals surface area contributed by atoms with Crippen LogP contribution in [0.1, 0.15) is 31.9 Å². The van der Waals surface area contributed by atoms with Crippen molar-refractivity contribution < 1.29 is 22.7 Å². The molecule has 0 aliphatic rings. The topological polar surface area (TPSA) is 84.9 Å². The first kappa shape index (κ1) is 25.1. The van der Waals surface area contributed by atoms with Crippen LogP contribution in [0.4, 0.5) is 5.69 Å². The highest BCUT2D eigenvalue weighted by atomic mass is 32.2. The van der Waals surface area contributed by atoms with E-state index in [0.717, 1.165) is 15.6 Å². The molecule has 180 valence electrons. The van der Waals surface area contributed by atoms with E-state index in [1.54, 1.807) is 49.6 Å². The molecule has 0 bridgehead atoms. The molecule has 7 nitrogen and oxygen atoms in total. The molecule has 0 saturated heterocycles. The van der Waals surface area contributed by atoms with Crippen molar-refractivity contribution in [2.75, 3.05) is 24.6 Å². The number of sulfonamides is 1. The lowest BCUT2D eigenvalue weighted by molar-refractivity contribution is -0.120. The Morgan fingerprint density at radius 1 is 0.941 bits per heavy atom. The zero-order chi connectivity index (χ0) is 24.6. The van der Waals surface area contributed by atoms with Crippen LogP contribution in [0, 0.1) is 0 Å². The van der Waals surface area contributed by atoms with E-state index in [1.807, 2.05) is 38.1 Å². The summed E-state index contributed by atoms with van der Waals surface area (Å²) in [6, 6.07) is 22.0. The number of amides is 1. The van der Waals surface area contributed by atoms with Gasteiger partial charge in [-0.25, -0.2) is 8.42 Å². The number of rotatable bonds is 11. The molecule has 8 heteroatoms. The fourth-order valence-corrected chi connectivity index (χ4v) is 5.04. The van der Waals surface area contributed by atoms with E-state index < -0.39 is 22.5 Å². The van der Waals surface area contributed by atoms with Gasteiger partial charge in [0.15, 0.2) is 0 Å². The van der Waals surface area contributed by atoms with E-state index in [0.29, 0.717) is 24.5 Å². The second kappa shape index (κ2) is 11.6. The lowest BCUT2D eigenvalue weighted by Crippen LogP contribution is -2.42. The Labute approximate surface area is 201 Å². The molecule has 34 heavy (non-hydrogen) atoms. The number of benzene rings is 3. The van der Waals surface area contributed by atoms with Crippen LogP contribution in [0.5, 0.6) is 11.5 Å². The van der Waals surface area contributed by atoms with E-state index in [2.05, 4.69) is 5.32 Å². The fraction of sp³-hybridized carbons (Fsp3) is 0.269. The highest BCUT2D eigenvalue weighted by Crippen LogP contribution is 2.32. The summed E-state index contributed by atoms with van der Waals surface area (Å²) < 4.78 is 39.2. The molecule has 1 N–H and O–H groups in total. The van der Waals surface area contributed by atoms with Gasteiger partial charge in [-0.05, 0) is 55.3 Å². The maximum atomic E-state index is 13.6. The molecule has 1 atom stereocenters. The van der Waals surface area contributed by atoms with Gasteiger partial charge >= 0.3 is 0 Å². The van der Waals surface area contributed by atoms with Crippen molar-refractivity contribution in [1.29, 1.82) is 0 Å². The molecular weight excluding hydrogens is 452 g/mol. The number of anilines is 1. The second-order valence-corrected chi connectivity index (χ2v) is 9.39. The average Bonchev–Trinajstić information content (AvgIpc) is 2.87. The number of carbonyl (C=O) groups excluding carboxylic acids is 1. The van der Waals surface area contributed by atoms with Gasteiger partial charge in [0.2, 0.25) is 5.91 Å². The van der Waals surface area contributed by atoms with Gasteiger partial charge in [-0.1, -0.05) is 49.4 Å². The maximum absolute atomic E-state index is 13.6. The molecule has 0 radical (unpaired) electrons. The van der Waals surface area contributed by atoms with Gasteiger partial charge in [0, 0.05) is 0 Å². The summed E-state index contributed by atoms with van der Waals surface area (Å²) in [4.78, 5) is 13.3. The summed E-state index contributed by atoms with van der Waals surface area (Å²) in [5.74, 6) is 0.686. The predicted octanol–water partition coefficient (Wildman–Crippen LogP) is 4.56. The van der Waals surface area contributed by atoms with E-state index in [9.17, 15) is 13.2 Å². The van der Waals surface area contributed by atoms with Gasteiger partial charge in [-0.15, -0.1) is 0 Å². The molecule has 3 rings (SSSR count). The van der Waals surface area contributed by atoms with Crippen molar-refractivity contribution in [3.05, 3.63) is 84.4 Å². The third kappa shape index (κ3) is 5.88. The summed E-state index contributed by atoms with van der Waals surface area (Å²) in [6.45, 7) is 3.74. The number of methoxy groups -OCH3 is 1. The molecule has 0 heterocycles. The molecule has 0 aliphatic heterocycles. The van der Waals surface area contributed by atoms with Crippen molar-refractivity contribution in [1.82, 2.24) is 5.32 Å². The van der Waals surface area contributed by atoms with Crippen LogP contribution in [0.2, 0.25) is 0 Å². The summed E-state index contributed by atoms with van der Waals surface area (Å²) in [7, 11) is -2.44. The molecule has 0 aliphatic carbocycles. The van der Waals surface area contributed by atoms with Crippen molar-refractivity contribution in [3.63, 3.8) is 0 Å². The number of hydrogen-bond acceptors (Lipinski definition) is 5. The standard InChI is InChI=1S/C26H30N2O5S/c1-4-23(20-15-17-21(32-3)18-16-20)27-26(29)19-28(24-13-9-10-14-25(24)33-5-2)34(30,31)22-11-7-6-8-12-22/h6-18,23H,4-5,19H2,1-3H3,(H,27,29)/t23-/m1/s1. The lowest BCUT2D eigenvalue weighted by Gasteiger charge is -2.27. The maximum Gasteiger partial charge on any atom is 0.264 e. The van der Waals surface area contributed by atoms with Crippen molar-refractivity contribution >= 4 is 21.6 Å². The van der Waals surface area contributed by atoms with Crippen molar-refractivity contribution in [2.24, 2.45) is 0 Å². The highest BCUT2D eigenvalue weighted by molar-refractivity contribution is 7.92. The second-order valence-electron chi connectivity index (χ2n) is 7.53. The third-order valence-corrected chi connectivity index (χ3v) is 7.09. The summed E-state index contributed by atoms with van der Waals surface area (Å²) in [6.07, 6.45) is 0.638. The molecule has 0 fully saturated rings. The molecule has 3 aromatic carbocycles.